The standard InChI is InChI=1S/C19H25ClF2N2O2/c1-19(26-18(25)17(21)22)11-16(10-13-2-4-14(20)5-3-13)24(12-19)15-6-8-23-9-7-15/h2-5,15-17,23H,6-12H2,1H3/t16-,19?/m0/s1. The molecule has 2 atom stereocenters. The minimum absolute atomic E-state index is 0.148. The highest BCUT2D eigenvalue weighted by Gasteiger charge is 2.46. The van der Waals surface area contributed by atoms with Crippen molar-refractivity contribution in [3.8, 4) is 0 Å². The quantitative estimate of drug-likeness (QED) is 0.788. The normalized spacial score (nSPS) is 27.8. The van der Waals surface area contributed by atoms with Gasteiger partial charge in [-0.15, -0.1) is 0 Å². The summed E-state index contributed by atoms with van der Waals surface area (Å²) in [5.41, 5.74) is 0.262. The molecule has 2 aliphatic rings. The van der Waals surface area contributed by atoms with E-state index in [4.69, 9.17) is 16.3 Å². The number of nitrogens with one attached hydrogen (secondary N) is 1. The number of rotatable bonds is 5. The largest absolute Gasteiger partial charge is 0.454 e. The Morgan fingerprint density at radius 3 is 2.62 bits per heavy atom. The van der Waals surface area contributed by atoms with Gasteiger partial charge in [0, 0.05) is 30.1 Å². The molecule has 2 heterocycles. The van der Waals surface area contributed by atoms with Crippen LogP contribution in [0.3, 0.4) is 0 Å². The van der Waals surface area contributed by atoms with E-state index in [0.29, 0.717) is 24.0 Å². The van der Waals surface area contributed by atoms with Crippen molar-refractivity contribution >= 4 is 17.6 Å². The number of hydrogen-bond acceptors (Lipinski definition) is 4. The van der Waals surface area contributed by atoms with E-state index >= 15 is 0 Å². The molecule has 0 aromatic heterocycles. The zero-order valence-electron chi connectivity index (χ0n) is 14.9. The maximum atomic E-state index is 12.7. The molecule has 2 fully saturated rings. The van der Waals surface area contributed by atoms with Crippen LogP contribution in [0.2, 0.25) is 5.02 Å². The SMILES string of the molecule is CC1(OC(=O)C(F)F)C[C@H](Cc2ccc(Cl)cc2)N(C2CCNCC2)C1. The van der Waals surface area contributed by atoms with E-state index in [-0.39, 0.29) is 6.04 Å². The average Bonchev–Trinajstić information content (AvgIpc) is 2.94. The molecule has 3 rings (SSSR count). The first-order valence-electron chi connectivity index (χ1n) is 9.08. The van der Waals surface area contributed by atoms with Gasteiger partial charge in [-0.1, -0.05) is 23.7 Å². The number of likely N-dealkylation sites (tertiary alicyclic amines) is 1. The van der Waals surface area contributed by atoms with Crippen molar-refractivity contribution in [1.82, 2.24) is 10.2 Å². The first kappa shape index (κ1) is 19.5. The van der Waals surface area contributed by atoms with Gasteiger partial charge in [0.25, 0.3) is 0 Å². The van der Waals surface area contributed by atoms with Crippen molar-refractivity contribution in [3.63, 3.8) is 0 Å². The topological polar surface area (TPSA) is 41.6 Å². The summed E-state index contributed by atoms with van der Waals surface area (Å²) in [5.74, 6) is -1.43. The molecule has 144 valence electrons. The number of hydrogen-bond donors (Lipinski definition) is 1. The maximum absolute atomic E-state index is 12.7. The van der Waals surface area contributed by atoms with Crippen LogP contribution in [0.25, 0.3) is 0 Å². The highest BCUT2D eigenvalue weighted by molar-refractivity contribution is 6.30. The summed E-state index contributed by atoms with van der Waals surface area (Å²) in [7, 11) is 0. The second kappa shape index (κ2) is 8.19. The van der Waals surface area contributed by atoms with Crippen molar-refractivity contribution in [2.24, 2.45) is 0 Å². The van der Waals surface area contributed by atoms with Gasteiger partial charge in [0.1, 0.15) is 5.60 Å². The van der Waals surface area contributed by atoms with Crippen LogP contribution in [0.5, 0.6) is 0 Å². The van der Waals surface area contributed by atoms with E-state index in [9.17, 15) is 13.6 Å². The van der Waals surface area contributed by atoms with Gasteiger partial charge in [0.05, 0.1) is 0 Å². The number of esters is 1. The van der Waals surface area contributed by atoms with Crippen LogP contribution in [-0.2, 0) is 16.0 Å². The number of benzene rings is 1. The first-order valence-corrected chi connectivity index (χ1v) is 9.46. The van der Waals surface area contributed by atoms with Crippen LogP contribution in [0.4, 0.5) is 8.78 Å². The van der Waals surface area contributed by atoms with Crippen molar-refractivity contribution in [1.29, 1.82) is 0 Å². The summed E-state index contributed by atoms with van der Waals surface area (Å²) in [6.07, 6.45) is 0.266. The number of ether oxygens (including phenoxy) is 1. The summed E-state index contributed by atoms with van der Waals surface area (Å²) in [6.45, 7) is 4.16. The molecule has 0 aliphatic carbocycles. The predicted molar refractivity (Wildman–Crippen MR) is 96.7 cm³/mol. The number of nitrogens with zero attached hydrogens (tertiary/aromatic N) is 1. The van der Waals surface area contributed by atoms with Crippen LogP contribution in [-0.4, -0.2) is 54.6 Å². The smallest absolute Gasteiger partial charge is 0.374 e. The third-order valence-electron chi connectivity index (χ3n) is 5.34. The van der Waals surface area contributed by atoms with Crippen LogP contribution < -0.4 is 5.32 Å². The third kappa shape index (κ3) is 4.72. The lowest BCUT2D eigenvalue weighted by Crippen LogP contribution is -2.47. The van der Waals surface area contributed by atoms with Gasteiger partial charge in [-0.3, -0.25) is 4.90 Å². The molecule has 1 N–H and O–H groups in total. The minimum Gasteiger partial charge on any atom is -0.454 e. The Labute approximate surface area is 157 Å². The van der Waals surface area contributed by atoms with Gasteiger partial charge in [-0.2, -0.15) is 8.78 Å². The molecule has 4 nitrogen and oxygen atoms in total. The van der Waals surface area contributed by atoms with Crippen LogP contribution in [0, 0.1) is 0 Å². The maximum Gasteiger partial charge on any atom is 0.374 e. The average molecular weight is 387 g/mol. The molecule has 0 spiro atoms. The first-order chi connectivity index (χ1) is 12.4. The van der Waals surface area contributed by atoms with Crippen molar-refractivity contribution in [2.75, 3.05) is 19.6 Å². The molecule has 1 unspecified atom stereocenters. The number of carbonyl (C=O) groups is 1. The second-order valence-corrected chi connectivity index (χ2v) is 7.95. The third-order valence-corrected chi connectivity index (χ3v) is 5.59. The molecular formula is C19H25ClF2N2O2. The molecule has 0 radical (unpaired) electrons. The van der Waals surface area contributed by atoms with Crippen molar-refractivity contribution < 1.29 is 18.3 Å². The van der Waals surface area contributed by atoms with Gasteiger partial charge in [0.15, 0.2) is 0 Å². The zero-order valence-corrected chi connectivity index (χ0v) is 15.6. The van der Waals surface area contributed by atoms with E-state index in [1.165, 1.54) is 0 Å². The van der Waals surface area contributed by atoms with Crippen LogP contribution >= 0.6 is 11.6 Å². The Morgan fingerprint density at radius 1 is 1.35 bits per heavy atom. The zero-order chi connectivity index (χ0) is 18.7. The van der Waals surface area contributed by atoms with E-state index < -0.39 is 18.0 Å². The number of halogens is 3. The fourth-order valence-electron chi connectivity index (χ4n) is 4.20. The molecule has 1 aromatic rings. The number of alkyl halides is 2. The number of piperidine rings is 1. The molecule has 7 heteroatoms. The van der Waals surface area contributed by atoms with Gasteiger partial charge in [-0.05, 0) is 57.0 Å². The van der Waals surface area contributed by atoms with Gasteiger partial charge < -0.3 is 10.1 Å². The summed E-state index contributed by atoms with van der Waals surface area (Å²) in [4.78, 5) is 13.8. The van der Waals surface area contributed by atoms with Crippen molar-refractivity contribution in [2.45, 2.75) is 56.7 Å². The molecule has 26 heavy (non-hydrogen) atoms. The molecule has 1 aromatic carbocycles. The predicted octanol–water partition coefficient (Wildman–Crippen LogP) is 3.28. The molecule has 0 saturated carbocycles. The van der Waals surface area contributed by atoms with E-state index in [1.54, 1.807) is 6.92 Å². The van der Waals surface area contributed by atoms with E-state index in [2.05, 4.69) is 10.2 Å². The van der Waals surface area contributed by atoms with E-state index in [1.807, 2.05) is 24.3 Å². The fraction of sp³-hybridized carbons (Fsp3) is 0.632. The Bertz CT molecular complexity index is 622. The summed E-state index contributed by atoms with van der Waals surface area (Å²) in [5, 5.41) is 4.04. The summed E-state index contributed by atoms with van der Waals surface area (Å²) >= 11 is 5.97. The molecule has 2 saturated heterocycles. The minimum atomic E-state index is -3.09. The Kier molecular flexibility index (Phi) is 6.15. The van der Waals surface area contributed by atoms with Gasteiger partial charge >= 0.3 is 12.4 Å². The second-order valence-electron chi connectivity index (χ2n) is 7.51. The summed E-state index contributed by atoms with van der Waals surface area (Å²) in [6, 6.07) is 8.22. The molecule has 2 aliphatic heterocycles. The molecule has 0 bridgehead atoms. The number of carbonyl (C=O) groups excluding carboxylic acids is 1. The van der Waals surface area contributed by atoms with Gasteiger partial charge in [0.2, 0.25) is 0 Å². The molecule has 0 amide bonds. The fourth-order valence-corrected chi connectivity index (χ4v) is 4.33. The Morgan fingerprint density at radius 2 is 2.00 bits per heavy atom. The Hall–Kier alpha value is -1.24. The van der Waals surface area contributed by atoms with Crippen LogP contribution in [0.15, 0.2) is 24.3 Å². The lowest BCUT2D eigenvalue weighted by Gasteiger charge is -2.36. The molecular weight excluding hydrogens is 362 g/mol. The lowest BCUT2D eigenvalue weighted by atomic mass is 9.97. The Balaban J connectivity index is 1.76. The summed E-state index contributed by atoms with van der Waals surface area (Å²) < 4.78 is 30.6. The van der Waals surface area contributed by atoms with Gasteiger partial charge in [-0.25, -0.2) is 4.79 Å². The highest BCUT2D eigenvalue weighted by atomic mass is 35.5. The van der Waals surface area contributed by atoms with Crippen molar-refractivity contribution in [3.05, 3.63) is 34.9 Å². The monoisotopic (exact) mass is 386 g/mol. The highest BCUT2D eigenvalue weighted by Crippen LogP contribution is 2.36. The van der Waals surface area contributed by atoms with E-state index in [0.717, 1.165) is 37.9 Å². The van der Waals surface area contributed by atoms with Crippen LogP contribution in [0.1, 0.15) is 31.7 Å². The lowest BCUT2D eigenvalue weighted by molar-refractivity contribution is -0.170.